The fourth-order valence-corrected chi connectivity index (χ4v) is 2.14. The van der Waals surface area contributed by atoms with Crippen LogP contribution < -0.4 is 5.32 Å². The molecule has 2 aromatic heterocycles. The SMILES string of the molecule is CCc1ccc(-c2nc(CNC)no2)s1. The maximum absolute atomic E-state index is 5.17. The normalized spacial score (nSPS) is 10.8. The number of nitrogens with zero attached hydrogens (tertiary/aromatic N) is 2. The van der Waals surface area contributed by atoms with Gasteiger partial charge in [0.15, 0.2) is 5.82 Å². The molecule has 2 rings (SSSR count). The minimum Gasteiger partial charge on any atom is -0.333 e. The summed E-state index contributed by atoms with van der Waals surface area (Å²) < 4.78 is 5.17. The smallest absolute Gasteiger partial charge is 0.268 e. The number of rotatable bonds is 4. The molecule has 0 saturated heterocycles. The lowest BCUT2D eigenvalue weighted by Crippen LogP contribution is -2.06. The van der Waals surface area contributed by atoms with Crippen molar-refractivity contribution in [3.63, 3.8) is 0 Å². The Morgan fingerprint density at radius 3 is 3.00 bits per heavy atom. The fourth-order valence-electron chi connectivity index (χ4n) is 1.27. The van der Waals surface area contributed by atoms with Crippen LogP contribution >= 0.6 is 11.3 Å². The van der Waals surface area contributed by atoms with Crippen LogP contribution in [0.15, 0.2) is 16.7 Å². The first-order valence-corrected chi connectivity index (χ1v) is 5.71. The summed E-state index contributed by atoms with van der Waals surface area (Å²) in [6.45, 7) is 2.77. The molecule has 0 aromatic carbocycles. The fraction of sp³-hybridized carbons (Fsp3) is 0.400. The van der Waals surface area contributed by atoms with Crippen molar-refractivity contribution in [3.8, 4) is 10.8 Å². The van der Waals surface area contributed by atoms with Gasteiger partial charge < -0.3 is 9.84 Å². The molecule has 15 heavy (non-hydrogen) atoms. The number of nitrogens with one attached hydrogen (secondary N) is 1. The summed E-state index contributed by atoms with van der Waals surface area (Å²) in [5.74, 6) is 1.31. The van der Waals surface area contributed by atoms with Gasteiger partial charge in [-0.25, -0.2) is 0 Å². The topological polar surface area (TPSA) is 51.0 Å². The van der Waals surface area contributed by atoms with Gasteiger partial charge in [-0.3, -0.25) is 0 Å². The Morgan fingerprint density at radius 2 is 2.33 bits per heavy atom. The van der Waals surface area contributed by atoms with E-state index in [1.165, 1.54) is 4.88 Å². The van der Waals surface area contributed by atoms with Gasteiger partial charge in [0.1, 0.15) is 0 Å². The molecule has 5 heteroatoms. The van der Waals surface area contributed by atoms with Crippen molar-refractivity contribution in [2.75, 3.05) is 7.05 Å². The Hall–Kier alpha value is -1.20. The first-order chi connectivity index (χ1) is 7.33. The van der Waals surface area contributed by atoms with E-state index in [1.54, 1.807) is 11.3 Å². The molecule has 1 N–H and O–H groups in total. The van der Waals surface area contributed by atoms with Crippen LogP contribution in [0.2, 0.25) is 0 Å². The second-order valence-electron chi connectivity index (χ2n) is 3.17. The number of hydrogen-bond acceptors (Lipinski definition) is 5. The number of aryl methyl sites for hydroxylation is 1. The van der Waals surface area contributed by atoms with E-state index in [2.05, 4.69) is 28.4 Å². The molecule has 0 spiro atoms. The van der Waals surface area contributed by atoms with E-state index >= 15 is 0 Å². The predicted octanol–water partition coefficient (Wildman–Crippen LogP) is 2.08. The van der Waals surface area contributed by atoms with Crippen molar-refractivity contribution in [1.29, 1.82) is 0 Å². The molecule has 2 aromatic rings. The first-order valence-electron chi connectivity index (χ1n) is 4.89. The van der Waals surface area contributed by atoms with Crippen LogP contribution in [0.3, 0.4) is 0 Å². The van der Waals surface area contributed by atoms with Gasteiger partial charge >= 0.3 is 0 Å². The van der Waals surface area contributed by atoms with Crippen molar-refractivity contribution in [1.82, 2.24) is 15.5 Å². The average molecular weight is 223 g/mol. The van der Waals surface area contributed by atoms with Crippen LogP contribution in [0.25, 0.3) is 10.8 Å². The van der Waals surface area contributed by atoms with Gasteiger partial charge in [0.25, 0.3) is 5.89 Å². The Morgan fingerprint density at radius 1 is 1.47 bits per heavy atom. The van der Waals surface area contributed by atoms with Crippen LogP contribution in [0.5, 0.6) is 0 Å². The lowest BCUT2D eigenvalue weighted by Gasteiger charge is -1.87. The number of thiophene rings is 1. The largest absolute Gasteiger partial charge is 0.333 e. The van der Waals surface area contributed by atoms with Gasteiger partial charge in [0.05, 0.1) is 11.4 Å². The molecule has 0 bridgehead atoms. The molecule has 0 radical (unpaired) electrons. The van der Waals surface area contributed by atoms with Gasteiger partial charge in [-0.2, -0.15) is 4.98 Å². The number of hydrogen-bond donors (Lipinski definition) is 1. The zero-order valence-corrected chi connectivity index (χ0v) is 9.60. The molecule has 0 fully saturated rings. The monoisotopic (exact) mass is 223 g/mol. The molecular formula is C10H13N3OS. The second-order valence-corrected chi connectivity index (χ2v) is 4.33. The van der Waals surface area contributed by atoms with Crippen molar-refractivity contribution in [2.45, 2.75) is 19.9 Å². The summed E-state index contributed by atoms with van der Waals surface area (Å²) in [4.78, 5) is 6.66. The number of aromatic nitrogens is 2. The second kappa shape index (κ2) is 4.55. The average Bonchev–Trinajstić information content (AvgIpc) is 2.85. The first kappa shape index (κ1) is 10.3. The highest BCUT2D eigenvalue weighted by Gasteiger charge is 2.10. The maximum Gasteiger partial charge on any atom is 0.268 e. The molecule has 0 amide bonds. The van der Waals surface area contributed by atoms with Gasteiger partial charge in [0, 0.05) is 4.88 Å². The molecule has 0 aliphatic heterocycles. The quantitative estimate of drug-likeness (QED) is 0.862. The minimum absolute atomic E-state index is 0.616. The molecular weight excluding hydrogens is 210 g/mol. The summed E-state index contributed by atoms with van der Waals surface area (Å²) >= 11 is 1.70. The van der Waals surface area contributed by atoms with E-state index in [9.17, 15) is 0 Å². The summed E-state index contributed by atoms with van der Waals surface area (Å²) in [5.41, 5.74) is 0. The molecule has 0 atom stereocenters. The van der Waals surface area contributed by atoms with Gasteiger partial charge in [-0.1, -0.05) is 12.1 Å². The summed E-state index contributed by atoms with van der Waals surface area (Å²) in [6, 6.07) is 4.13. The molecule has 0 saturated carbocycles. The van der Waals surface area contributed by atoms with Crippen molar-refractivity contribution in [3.05, 3.63) is 22.8 Å². The van der Waals surface area contributed by atoms with Gasteiger partial charge in [-0.15, -0.1) is 11.3 Å². The Labute approximate surface area is 92.3 Å². The van der Waals surface area contributed by atoms with Crippen LogP contribution in [0, 0.1) is 0 Å². The summed E-state index contributed by atoms with van der Waals surface area (Å²) in [7, 11) is 1.86. The third-order valence-electron chi connectivity index (χ3n) is 2.02. The molecule has 80 valence electrons. The van der Waals surface area contributed by atoms with E-state index in [0.717, 1.165) is 11.3 Å². The van der Waals surface area contributed by atoms with E-state index in [1.807, 2.05) is 13.1 Å². The highest BCUT2D eigenvalue weighted by atomic mass is 32.1. The third kappa shape index (κ3) is 2.24. The summed E-state index contributed by atoms with van der Waals surface area (Å²) in [5, 5.41) is 6.86. The van der Waals surface area contributed by atoms with Crippen LogP contribution in [0.1, 0.15) is 17.6 Å². The molecule has 0 aliphatic carbocycles. The highest BCUT2D eigenvalue weighted by molar-refractivity contribution is 7.15. The van der Waals surface area contributed by atoms with Gasteiger partial charge in [-0.05, 0) is 25.6 Å². The maximum atomic E-state index is 5.17. The lowest BCUT2D eigenvalue weighted by molar-refractivity contribution is 0.421. The molecule has 0 aliphatic rings. The highest BCUT2D eigenvalue weighted by Crippen LogP contribution is 2.26. The van der Waals surface area contributed by atoms with E-state index in [4.69, 9.17) is 4.52 Å². The van der Waals surface area contributed by atoms with E-state index in [-0.39, 0.29) is 0 Å². The van der Waals surface area contributed by atoms with Crippen molar-refractivity contribution in [2.24, 2.45) is 0 Å². The molecule has 2 heterocycles. The van der Waals surface area contributed by atoms with Crippen molar-refractivity contribution >= 4 is 11.3 Å². The predicted molar refractivity (Wildman–Crippen MR) is 59.8 cm³/mol. The third-order valence-corrected chi connectivity index (χ3v) is 3.24. The molecule has 4 nitrogen and oxygen atoms in total. The zero-order valence-electron chi connectivity index (χ0n) is 8.78. The van der Waals surface area contributed by atoms with Crippen LogP contribution in [-0.2, 0) is 13.0 Å². The van der Waals surface area contributed by atoms with Crippen LogP contribution in [0.4, 0.5) is 0 Å². The molecule has 0 unspecified atom stereocenters. The van der Waals surface area contributed by atoms with E-state index < -0.39 is 0 Å². The van der Waals surface area contributed by atoms with E-state index in [0.29, 0.717) is 18.3 Å². The summed E-state index contributed by atoms with van der Waals surface area (Å²) in [6.07, 6.45) is 1.04. The van der Waals surface area contributed by atoms with Crippen LogP contribution in [-0.4, -0.2) is 17.2 Å². The minimum atomic E-state index is 0.616. The Bertz CT molecular complexity index is 435. The lowest BCUT2D eigenvalue weighted by atomic mass is 10.4. The standard InChI is InChI=1S/C10H13N3OS/c1-3-7-4-5-8(15-7)10-12-9(6-11-2)13-14-10/h4-5,11H,3,6H2,1-2H3. The Balaban J connectivity index is 2.21. The zero-order chi connectivity index (χ0) is 10.7. The Kier molecular flexibility index (Phi) is 3.13. The van der Waals surface area contributed by atoms with Crippen molar-refractivity contribution < 1.29 is 4.52 Å². The van der Waals surface area contributed by atoms with Gasteiger partial charge in [0.2, 0.25) is 0 Å².